The van der Waals surface area contributed by atoms with Crippen molar-refractivity contribution in [2.45, 2.75) is 52.0 Å². The molecule has 1 aliphatic carbocycles. The van der Waals surface area contributed by atoms with Crippen LogP contribution in [0.4, 0.5) is 0 Å². The molecule has 0 aliphatic heterocycles. The summed E-state index contributed by atoms with van der Waals surface area (Å²) in [6, 6.07) is 0.690. The first-order valence-corrected chi connectivity index (χ1v) is 7.10. The molecule has 2 nitrogen and oxygen atoms in total. The van der Waals surface area contributed by atoms with Gasteiger partial charge in [0.2, 0.25) is 0 Å². The van der Waals surface area contributed by atoms with Gasteiger partial charge in [-0.2, -0.15) is 0 Å². The maximum absolute atomic E-state index is 4.38. The molecule has 90 valence electrons. The highest BCUT2D eigenvalue weighted by atomic mass is 32.1. The molecule has 0 radical (unpaired) electrons. The molecule has 0 saturated heterocycles. The Kier molecular flexibility index (Phi) is 3.65. The molecule has 1 aromatic heterocycles. The topological polar surface area (TPSA) is 24.9 Å². The third kappa shape index (κ3) is 2.64. The molecule has 2 rings (SSSR count). The number of aromatic nitrogens is 1. The normalized spacial score (nSPS) is 25.8. The highest BCUT2D eigenvalue weighted by molar-refractivity contribution is 7.09. The van der Waals surface area contributed by atoms with Gasteiger partial charge in [-0.15, -0.1) is 11.3 Å². The molecule has 1 fully saturated rings. The molecule has 2 unspecified atom stereocenters. The molecule has 1 N–H and O–H groups in total. The van der Waals surface area contributed by atoms with Crippen molar-refractivity contribution in [3.63, 3.8) is 0 Å². The van der Waals surface area contributed by atoms with Crippen LogP contribution in [0.3, 0.4) is 0 Å². The van der Waals surface area contributed by atoms with E-state index in [2.05, 4.69) is 36.5 Å². The minimum Gasteiger partial charge on any atom is -0.313 e. The van der Waals surface area contributed by atoms with E-state index in [9.17, 15) is 0 Å². The molecule has 1 heterocycles. The van der Waals surface area contributed by atoms with Gasteiger partial charge < -0.3 is 5.32 Å². The lowest BCUT2D eigenvalue weighted by molar-refractivity contribution is 0.281. The molecule has 0 bridgehead atoms. The Morgan fingerprint density at radius 1 is 1.62 bits per heavy atom. The molecule has 3 heteroatoms. The monoisotopic (exact) mass is 238 g/mol. The molecule has 0 aromatic carbocycles. The SMILES string of the molecule is CC(CNC1CCCC1(C)C)c1nccs1. The molecule has 1 saturated carbocycles. The van der Waals surface area contributed by atoms with E-state index in [-0.39, 0.29) is 0 Å². The zero-order chi connectivity index (χ0) is 11.6. The van der Waals surface area contributed by atoms with E-state index < -0.39 is 0 Å². The number of rotatable bonds is 4. The van der Waals surface area contributed by atoms with Gasteiger partial charge >= 0.3 is 0 Å². The summed E-state index contributed by atoms with van der Waals surface area (Å²) in [7, 11) is 0. The van der Waals surface area contributed by atoms with Crippen LogP contribution >= 0.6 is 11.3 Å². The van der Waals surface area contributed by atoms with Crippen LogP contribution in [0, 0.1) is 5.41 Å². The minimum atomic E-state index is 0.475. The number of thiazole rings is 1. The van der Waals surface area contributed by atoms with Crippen LogP contribution in [-0.4, -0.2) is 17.6 Å². The second-order valence-corrected chi connectivity index (χ2v) is 6.54. The van der Waals surface area contributed by atoms with E-state index in [1.165, 1.54) is 24.3 Å². The summed E-state index contributed by atoms with van der Waals surface area (Å²) < 4.78 is 0. The smallest absolute Gasteiger partial charge is 0.0965 e. The van der Waals surface area contributed by atoms with E-state index >= 15 is 0 Å². The van der Waals surface area contributed by atoms with Crippen LogP contribution in [0.2, 0.25) is 0 Å². The molecule has 1 aromatic rings. The Morgan fingerprint density at radius 3 is 3.00 bits per heavy atom. The van der Waals surface area contributed by atoms with E-state index in [0.29, 0.717) is 17.4 Å². The predicted octanol–water partition coefficient (Wildman–Crippen LogP) is 3.41. The summed E-state index contributed by atoms with van der Waals surface area (Å²) in [6.07, 6.45) is 5.96. The highest BCUT2D eigenvalue weighted by Crippen LogP contribution is 2.37. The fourth-order valence-electron chi connectivity index (χ4n) is 2.59. The zero-order valence-electron chi connectivity index (χ0n) is 10.5. The van der Waals surface area contributed by atoms with Gasteiger partial charge in [-0.1, -0.05) is 27.2 Å². The average Bonchev–Trinajstić information content (AvgIpc) is 2.83. The third-order valence-electron chi connectivity index (χ3n) is 3.80. The van der Waals surface area contributed by atoms with Crippen LogP contribution in [-0.2, 0) is 0 Å². The number of hydrogen-bond acceptors (Lipinski definition) is 3. The Morgan fingerprint density at radius 2 is 2.44 bits per heavy atom. The van der Waals surface area contributed by atoms with Crippen LogP contribution in [0.25, 0.3) is 0 Å². The van der Waals surface area contributed by atoms with Crippen LogP contribution in [0.5, 0.6) is 0 Å². The molecule has 0 spiro atoms. The number of nitrogens with one attached hydrogen (secondary N) is 1. The van der Waals surface area contributed by atoms with Gasteiger partial charge in [0.25, 0.3) is 0 Å². The van der Waals surface area contributed by atoms with Gasteiger partial charge in [0, 0.05) is 30.1 Å². The first-order valence-electron chi connectivity index (χ1n) is 6.22. The lowest BCUT2D eigenvalue weighted by atomic mass is 9.87. The first-order chi connectivity index (χ1) is 7.59. The average molecular weight is 238 g/mol. The van der Waals surface area contributed by atoms with Gasteiger partial charge in [0.1, 0.15) is 0 Å². The van der Waals surface area contributed by atoms with Gasteiger partial charge in [-0.25, -0.2) is 4.98 Å². The molecule has 16 heavy (non-hydrogen) atoms. The maximum Gasteiger partial charge on any atom is 0.0965 e. The van der Waals surface area contributed by atoms with Crippen molar-refractivity contribution in [2.75, 3.05) is 6.54 Å². The van der Waals surface area contributed by atoms with Crippen molar-refractivity contribution in [2.24, 2.45) is 5.41 Å². The van der Waals surface area contributed by atoms with Gasteiger partial charge in [-0.05, 0) is 18.3 Å². The van der Waals surface area contributed by atoms with E-state index in [0.717, 1.165) is 6.54 Å². The van der Waals surface area contributed by atoms with Crippen molar-refractivity contribution >= 4 is 11.3 Å². The predicted molar refractivity (Wildman–Crippen MR) is 70.0 cm³/mol. The lowest BCUT2D eigenvalue weighted by Gasteiger charge is -2.28. The molecule has 2 atom stereocenters. The van der Waals surface area contributed by atoms with Crippen molar-refractivity contribution in [3.8, 4) is 0 Å². The second-order valence-electron chi connectivity index (χ2n) is 5.61. The summed E-state index contributed by atoms with van der Waals surface area (Å²) in [5.41, 5.74) is 0.475. The van der Waals surface area contributed by atoms with Crippen LogP contribution < -0.4 is 5.32 Å². The fraction of sp³-hybridized carbons (Fsp3) is 0.769. The maximum atomic E-state index is 4.38. The van der Waals surface area contributed by atoms with E-state index in [1.807, 2.05) is 6.20 Å². The quantitative estimate of drug-likeness (QED) is 0.869. The first kappa shape index (κ1) is 12.1. The van der Waals surface area contributed by atoms with E-state index in [1.54, 1.807) is 11.3 Å². The van der Waals surface area contributed by atoms with Gasteiger partial charge in [0.15, 0.2) is 0 Å². The van der Waals surface area contributed by atoms with Gasteiger partial charge in [0.05, 0.1) is 5.01 Å². The lowest BCUT2D eigenvalue weighted by Crippen LogP contribution is -2.39. The molecule has 0 amide bonds. The Balaban J connectivity index is 1.83. The summed E-state index contributed by atoms with van der Waals surface area (Å²) in [5, 5.41) is 7.04. The van der Waals surface area contributed by atoms with Crippen molar-refractivity contribution < 1.29 is 0 Å². The van der Waals surface area contributed by atoms with Crippen molar-refractivity contribution in [3.05, 3.63) is 16.6 Å². The van der Waals surface area contributed by atoms with Crippen LogP contribution in [0.1, 0.15) is 51.0 Å². The molecule has 1 aliphatic rings. The zero-order valence-corrected chi connectivity index (χ0v) is 11.3. The summed E-state index contributed by atoms with van der Waals surface area (Å²) in [4.78, 5) is 4.38. The molecular formula is C13H22N2S. The van der Waals surface area contributed by atoms with Gasteiger partial charge in [-0.3, -0.25) is 0 Å². The van der Waals surface area contributed by atoms with Crippen LogP contribution in [0.15, 0.2) is 11.6 Å². The molecular weight excluding hydrogens is 216 g/mol. The summed E-state index contributed by atoms with van der Waals surface area (Å²) in [6.45, 7) is 8.08. The highest BCUT2D eigenvalue weighted by Gasteiger charge is 2.34. The standard InChI is InChI=1S/C13H22N2S/c1-10(12-14-7-8-16-12)9-15-11-5-4-6-13(11,2)3/h7-8,10-11,15H,4-6,9H2,1-3H3. The third-order valence-corrected chi connectivity index (χ3v) is 4.81. The largest absolute Gasteiger partial charge is 0.313 e. The minimum absolute atomic E-state index is 0.475. The Labute approximate surface area is 102 Å². The van der Waals surface area contributed by atoms with Crippen molar-refractivity contribution in [1.29, 1.82) is 0 Å². The Hall–Kier alpha value is -0.410. The summed E-state index contributed by atoms with van der Waals surface area (Å²) in [5.74, 6) is 0.538. The van der Waals surface area contributed by atoms with E-state index in [4.69, 9.17) is 0 Å². The summed E-state index contributed by atoms with van der Waals surface area (Å²) >= 11 is 1.76. The number of nitrogens with zero attached hydrogens (tertiary/aromatic N) is 1. The van der Waals surface area contributed by atoms with Crippen molar-refractivity contribution in [1.82, 2.24) is 10.3 Å². The Bertz CT molecular complexity index is 319. The number of hydrogen-bond donors (Lipinski definition) is 1. The second kappa shape index (κ2) is 4.84. The fourth-order valence-corrected chi connectivity index (χ4v) is 3.29.